The molecule has 33 heavy (non-hydrogen) atoms. The molecule has 9 heteroatoms. The molecule has 168 valence electrons. The van der Waals surface area contributed by atoms with E-state index in [9.17, 15) is 9.90 Å². The molecular formula is C24H21N3O5S. The van der Waals surface area contributed by atoms with Gasteiger partial charge in [0, 0.05) is 5.56 Å². The Labute approximate surface area is 194 Å². The summed E-state index contributed by atoms with van der Waals surface area (Å²) >= 11 is 1.18. The Morgan fingerprint density at radius 1 is 1.09 bits per heavy atom. The standard InChI is InChI=1S/C24H21N3O5S/c1-30-20-10-9-16(12-21(20)31-2)14-25-26-24-27(15-18-7-5-11-32-18)23(29)22(33-24)13-17-6-3-4-8-19(17)28/h3-14,28H,15H2,1-2H3/b22-13-,25-14-,26-24+. The number of carbonyl (C=O) groups excluding carboxylic acids is 1. The van der Waals surface area contributed by atoms with Gasteiger partial charge in [-0.25, -0.2) is 0 Å². The minimum absolute atomic E-state index is 0.0906. The van der Waals surface area contributed by atoms with Gasteiger partial charge in [-0.2, -0.15) is 5.10 Å². The van der Waals surface area contributed by atoms with Crippen molar-refractivity contribution >= 4 is 35.1 Å². The number of nitrogens with zero attached hydrogens (tertiary/aromatic N) is 3. The van der Waals surface area contributed by atoms with E-state index in [-0.39, 0.29) is 18.2 Å². The largest absolute Gasteiger partial charge is 0.507 e. The number of amidine groups is 1. The van der Waals surface area contributed by atoms with Crippen molar-refractivity contribution in [3.05, 3.63) is 82.7 Å². The molecule has 3 aromatic rings. The second-order valence-electron chi connectivity index (χ2n) is 6.88. The first-order valence-electron chi connectivity index (χ1n) is 9.94. The van der Waals surface area contributed by atoms with Crippen LogP contribution in [-0.4, -0.2) is 41.5 Å². The Bertz CT molecular complexity index is 1230. The van der Waals surface area contributed by atoms with Crippen molar-refractivity contribution in [1.82, 2.24) is 4.90 Å². The summed E-state index contributed by atoms with van der Waals surface area (Å²) in [6.45, 7) is 0.210. The number of aromatic hydroxyl groups is 1. The molecule has 0 bridgehead atoms. The molecule has 1 fully saturated rings. The number of para-hydroxylation sites is 1. The third kappa shape index (κ3) is 5.09. The predicted octanol–water partition coefficient (Wildman–Crippen LogP) is 4.51. The molecular weight excluding hydrogens is 442 g/mol. The maximum Gasteiger partial charge on any atom is 0.267 e. The normalized spacial score (nSPS) is 16.3. The molecule has 1 saturated heterocycles. The Kier molecular flexibility index (Phi) is 6.80. The molecule has 1 amide bonds. The molecule has 0 saturated carbocycles. The van der Waals surface area contributed by atoms with Crippen LogP contribution >= 0.6 is 11.8 Å². The second-order valence-corrected chi connectivity index (χ2v) is 7.89. The van der Waals surface area contributed by atoms with Crippen LogP contribution in [0.1, 0.15) is 16.9 Å². The fourth-order valence-corrected chi connectivity index (χ4v) is 4.03. The van der Waals surface area contributed by atoms with Crippen molar-refractivity contribution in [2.75, 3.05) is 14.2 Å². The third-order valence-electron chi connectivity index (χ3n) is 4.76. The number of rotatable bonds is 7. The van der Waals surface area contributed by atoms with Gasteiger partial charge < -0.3 is 19.0 Å². The number of thioether (sulfide) groups is 1. The predicted molar refractivity (Wildman–Crippen MR) is 128 cm³/mol. The van der Waals surface area contributed by atoms with Crippen LogP contribution < -0.4 is 9.47 Å². The Morgan fingerprint density at radius 3 is 2.64 bits per heavy atom. The maximum absolute atomic E-state index is 13.1. The summed E-state index contributed by atoms with van der Waals surface area (Å²) in [7, 11) is 3.13. The quantitative estimate of drug-likeness (QED) is 0.315. The lowest BCUT2D eigenvalue weighted by Gasteiger charge is -2.12. The van der Waals surface area contributed by atoms with E-state index in [4.69, 9.17) is 13.9 Å². The minimum Gasteiger partial charge on any atom is -0.507 e. The van der Waals surface area contributed by atoms with Gasteiger partial charge in [-0.1, -0.05) is 18.2 Å². The molecule has 0 unspecified atom stereocenters. The molecule has 2 heterocycles. The highest BCUT2D eigenvalue weighted by Gasteiger charge is 2.34. The van der Waals surface area contributed by atoms with E-state index in [1.165, 1.54) is 16.7 Å². The van der Waals surface area contributed by atoms with Crippen molar-refractivity contribution in [2.24, 2.45) is 10.2 Å². The highest BCUT2D eigenvalue weighted by molar-refractivity contribution is 8.18. The van der Waals surface area contributed by atoms with Gasteiger partial charge in [-0.15, -0.1) is 5.10 Å². The van der Waals surface area contributed by atoms with Crippen molar-refractivity contribution in [1.29, 1.82) is 0 Å². The first-order chi connectivity index (χ1) is 16.1. The summed E-state index contributed by atoms with van der Waals surface area (Å²) in [5, 5.41) is 18.9. The number of amides is 1. The number of methoxy groups -OCH3 is 2. The molecule has 1 N–H and O–H groups in total. The molecule has 1 aliphatic heterocycles. The highest BCUT2D eigenvalue weighted by atomic mass is 32.2. The van der Waals surface area contributed by atoms with E-state index < -0.39 is 0 Å². The maximum atomic E-state index is 13.1. The average molecular weight is 464 g/mol. The molecule has 1 aliphatic rings. The lowest BCUT2D eigenvalue weighted by Crippen LogP contribution is -2.28. The van der Waals surface area contributed by atoms with E-state index in [1.807, 2.05) is 6.07 Å². The van der Waals surface area contributed by atoms with E-state index >= 15 is 0 Å². The minimum atomic E-state index is -0.250. The van der Waals surface area contributed by atoms with Crippen LogP contribution in [0, 0.1) is 0 Å². The number of carbonyl (C=O) groups is 1. The van der Waals surface area contributed by atoms with Gasteiger partial charge in [0.15, 0.2) is 16.7 Å². The summed E-state index contributed by atoms with van der Waals surface area (Å²) in [5.41, 5.74) is 1.30. The van der Waals surface area contributed by atoms with Gasteiger partial charge in [-0.3, -0.25) is 9.69 Å². The van der Waals surface area contributed by atoms with Gasteiger partial charge in [-0.05, 0) is 59.8 Å². The zero-order valence-electron chi connectivity index (χ0n) is 18.0. The van der Waals surface area contributed by atoms with Gasteiger partial charge in [0.05, 0.1) is 38.1 Å². The average Bonchev–Trinajstić information content (AvgIpc) is 3.44. The van der Waals surface area contributed by atoms with Crippen molar-refractivity contribution in [3.8, 4) is 17.2 Å². The van der Waals surface area contributed by atoms with Crippen molar-refractivity contribution < 1.29 is 23.8 Å². The molecule has 1 aromatic heterocycles. The highest BCUT2D eigenvalue weighted by Crippen LogP contribution is 2.35. The van der Waals surface area contributed by atoms with Crippen LogP contribution in [0.15, 0.2) is 80.4 Å². The molecule has 0 aliphatic carbocycles. The summed E-state index contributed by atoms with van der Waals surface area (Å²) in [6, 6.07) is 15.7. The number of phenolic OH excluding ortho intramolecular Hbond substituents is 1. The number of ether oxygens (including phenoxy) is 2. The number of hydrogen-bond acceptors (Lipinski definition) is 8. The van der Waals surface area contributed by atoms with E-state index in [1.54, 1.807) is 81.3 Å². The smallest absolute Gasteiger partial charge is 0.267 e. The van der Waals surface area contributed by atoms with Crippen LogP contribution in [0.2, 0.25) is 0 Å². The summed E-state index contributed by atoms with van der Waals surface area (Å²) in [6.07, 6.45) is 4.75. The lowest BCUT2D eigenvalue weighted by atomic mass is 10.2. The topological polar surface area (TPSA) is 96.9 Å². The van der Waals surface area contributed by atoms with Crippen LogP contribution in [0.3, 0.4) is 0 Å². The zero-order valence-corrected chi connectivity index (χ0v) is 18.8. The van der Waals surface area contributed by atoms with Crippen LogP contribution in [-0.2, 0) is 11.3 Å². The first-order valence-corrected chi connectivity index (χ1v) is 10.8. The van der Waals surface area contributed by atoms with E-state index in [0.29, 0.717) is 32.9 Å². The van der Waals surface area contributed by atoms with Gasteiger partial charge in [0.25, 0.3) is 5.91 Å². The Balaban J connectivity index is 1.62. The molecule has 0 spiro atoms. The summed E-state index contributed by atoms with van der Waals surface area (Å²) in [4.78, 5) is 15.0. The third-order valence-corrected chi connectivity index (χ3v) is 5.76. The van der Waals surface area contributed by atoms with Gasteiger partial charge in [0.1, 0.15) is 11.5 Å². The fourth-order valence-electron chi connectivity index (χ4n) is 3.11. The van der Waals surface area contributed by atoms with Crippen molar-refractivity contribution in [3.63, 3.8) is 0 Å². The molecule has 0 radical (unpaired) electrons. The number of furan rings is 1. The molecule has 0 atom stereocenters. The van der Waals surface area contributed by atoms with Crippen LogP contribution in [0.25, 0.3) is 6.08 Å². The number of benzene rings is 2. The van der Waals surface area contributed by atoms with E-state index in [0.717, 1.165) is 5.56 Å². The van der Waals surface area contributed by atoms with Crippen molar-refractivity contribution in [2.45, 2.75) is 6.54 Å². The summed E-state index contributed by atoms with van der Waals surface area (Å²) in [5.74, 6) is 1.64. The molecule has 2 aromatic carbocycles. The number of hydrogen-bond donors (Lipinski definition) is 1. The zero-order chi connectivity index (χ0) is 23.2. The van der Waals surface area contributed by atoms with Gasteiger partial charge >= 0.3 is 0 Å². The monoisotopic (exact) mass is 463 g/mol. The van der Waals surface area contributed by atoms with E-state index in [2.05, 4.69) is 10.2 Å². The SMILES string of the molecule is COc1ccc(/C=N\N=C2\S/C(=C\c3ccccc3O)C(=O)N2Cc2ccco2)cc1OC. The first kappa shape index (κ1) is 22.2. The Hall–Kier alpha value is -3.98. The fraction of sp³-hybridized carbons (Fsp3) is 0.125. The summed E-state index contributed by atoms with van der Waals surface area (Å²) < 4.78 is 16.0. The molecule has 8 nitrogen and oxygen atoms in total. The molecule has 4 rings (SSSR count). The number of phenols is 1. The van der Waals surface area contributed by atoms with Crippen LogP contribution in [0.4, 0.5) is 0 Å². The van der Waals surface area contributed by atoms with Gasteiger partial charge in [0.2, 0.25) is 0 Å². The second kappa shape index (κ2) is 10.1. The van der Waals surface area contributed by atoms with Crippen LogP contribution in [0.5, 0.6) is 17.2 Å². The Morgan fingerprint density at radius 2 is 1.91 bits per heavy atom. The lowest BCUT2D eigenvalue weighted by molar-refractivity contribution is -0.122.